The second-order valence-electron chi connectivity index (χ2n) is 7.82. The number of carbonyl (C=O) groups is 1. The maximum atomic E-state index is 12.7. The second kappa shape index (κ2) is 14.4. The molecule has 0 atom stereocenters. The van der Waals surface area contributed by atoms with E-state index in [2.05, 4.69) is 17.1 Å². The van der Waals surface area contributed by atoms with Crippen LogP contribution in [-0.4, -0.2) is 87.9 Å². The highest BCUT2D eigenvalue weighted by molar-refractivity contribution is 14.0. The van der Waals surface area contributed by atoms with E-state index in [0.717, 1.165) is 69.4 Å². The van der Waals surface area contributed by atoms with Crippen LogP contribution < -0.4 is 14.8 Å². The molecule has 0 aromatic heterocycles. The van der Waals surface area contributed by atoms with Gasteiger partial charge in [0, 0.05) is 57.7 Å². The number of benzene rings is 1. The molecule has 0 saturated carbocycles. The molecule has 2 heterocycles. The van der Waals surface area contributed by atoms with Gasteiger partial charge < -0.3 is 29.3 Å². The lowest BCUT2D eigenvalue weighted by atomic mass is 9.95. The first-order valence-electron chi connectivity index (χ1n) is 11.4. The molecule has 2 aliphatic rings. The average Bonchev–Trinajstić information content (AvgIpc) is 2.83. The molecule has 32 heavy (non-hydrogen) atoms. The van der Waals surface area contributed by atoms with Gasteiger partial charge in [-0.25, -0.2) is 0 Å². The lowest BCUT2D eigenvalue weighted by molar-refractivity contribution is -0.140. The molecule has 0 bridgehead atoms. The number of methoxy groups -OCH3 is 1. The Kier molecular flexibility index (Phi) is 11.9. The molecule has 0 unspecified atom stereocenters. The van der Waals surface area contributed by atoms with Crippen molar-refractivity contribution in [3.05, 3.63) is 24.3 Å². The van der Waals surface area contributed by atoms with E-state index in [1.165, 1.54) is 0 Å². The quantitative estimate of drug-likeness (QED) is 0.228. The van der Waals surface area contributed by atoms with Crippen LogP contribution in [0.15, 0.2) is 29.3 Å². The van der Waals surface area contributed by atoms with E-state index in [1.54, 1.807) is 7.11 Å². The second-order valence-corrected chi connectivity index (χ2v) is 7.82. The molecule has 0 spiro atoms. The molecule has 1 N–H and O–H groups in total. The lowest BCUT2D eigenvalue weighted by Gasteiger charge is -2.36. The fourth-order valence-electron chi connectivity index (χ4n) is 3.94. The van der Waals surface area contributed by atoms with Gasteiger partial charge >= 0.3 is 0 Å². The van der Waals surface area contributed by atoms with Crippen LogP contribution in [0.2, 0.25) is 0 Å². The lowest BCUT2D eigenvalue weighted by Crippen LogP contribution is -2.50. The van der Waals surface area contributed by atoms with E-state index >= 15 is 0 Å². The summed E-state index contributed by atoms with van der Waals surface area (Å²) in [6, 6.07) is 7.63. The van der Waals surface area contributed by atoms with Crippen molar-refractivity contribution < 1.29 is 19.0 Å². The summed E-state index contributed by atoms with van der Waals surface area (Å²) in [4.78, 5) is 21.8. The summed E-state index contributed by atoms with van der Waals surface area (Å²) < 4.78 is 16.4. The Morgan fingerprint density at radius 2 is 1.88 bits per heavy atom. The summed E-state index contributed by atoms with van der Waals surface area (Å²) in [5, 5.41) is 3.39. The van der Waals surface area contributed by atoms with Gasteiger partial charge in [-0.3, -0.25) is 9.79 Å². The Hall–Kier alpha value is -1.75. The van der Waals surface area contributed by atoms with Crippen molar-refractivity contribution in [2.24, 2.45) is 10.9 Å². The van der Waals surface area contributed by atoms with E-state index in [9.17, 15) is 4.79 Å². The molecule has 3 rings (SSSR count). The third-order valence-electron chi connectivity index (χ3n) is 5.68. The third-order valence-corrected chi connectivity index (χ3v) is 5.68. The van der Waals surface area contributed by atoms with Crippen LogP contribution >= 0.6 is 24.0 Å². The SMILES string of the molecule is CCNC(=NCCCOc1cccc(OC)c1)N1CCC(C(=O)N2CCOCC2)CC1.I. The zero-order chi connectivity index (χ0) is 21.9. The molecular formula is C23H37IN4O4. The topological polar surface area (TPSA) is 75.6 Å². The highest BCUT2D eigenvalue weighted by atomic mass is 127. The number of morpholine rings is 1. The van der Waals surface area contributed by atoms with Crippen LogP contribution in [0.5, 0.6) is 11.5 Å². The average molecular weight is 560 g/mol. The largest absolute Gasteiger partial charge is 0.497 e. The van der Waals surface area contributed by atoms with E-state index in [-0.39, 0.29) is 29.9 Å². The molecular weight excluding hydrogens is 523 g/mol. The van der Waals surface area contributed by atoms with Crippen molar-refractivity contribution in [3.8, 4) is 11.5 Å². The highest BCUT2D eigenvalue weighted by Crippen LogP contribution is 2.21. The van der Waals surface area contributed by atoms with Gasteiger partial charge in [0.05, 0.1) is 26.9 Å². The van der Waals surface area contributed by atoms with Gasteiger partial charge in [0.25, 0.3) is 0 Å². The molecule has 0 aliphatic carbocycles. The number of rotatable bonds is 8. The van der Waals surface area contributed by atoms with Crippen molar-refractivity contribution in [3.63, 3.8) is 0 Å². The van der Waals surface area contributed by atoms with Crippen LogP contribution in [0.1, 0.15) is 26.2 Å². The van der Waals surface area contributed by atoms with Gasteiger partial charge in [0.1, 0.15) is 11.5 Å². The van der Waals surface area contributed by atoms with E-state index in [0.29, 0.717) is 32.3 Å². The first-order chi connectivity index (χ1) is 15.2. The van der Waals surface area contributed by atoms with Crippen LogP contribution in [0.4, 0.5) is 0 Å². The van der Waals surface area contributed by atoms with Crippen LogP contribution in [-0.2, 0) is 9.53 Å². The summed E-state index contributed by atoms with van der Waals surface area (Å²) in [6.45, 7) is 8.67. The summed E-state index contributed by atoms with van der Waals surface area (Å²) in [5.74, 6) is 2.94. The van der Waals surface area contributed by atoms with Crippen LogP contribution in [0.3, 0.4) is 0 Å². The number of likely N-dealkylation sites (tertiary alicyclic amines) is 1. The molecule has 9 heteroatoms. The Labute approximate surface area is 208 Å². The Morgan fingerprint density at radius 1 is 1.16 bits per heavy atom. The highest BCUT2D eigenvalue weighted by Gasteiger charge is 2.30. The summed E-state index contributed by atoms with van der Waals surface area (Å²) in [6.07, 6.45) is 2.58. The number of piperidine rings is 1. The van der Waals surface area contributed by atoms with Gasteiger partial charge in [-0.1, -0.05) is 6.07 Å². The van der Waals surface area contributed by atoms with Crippen LogP contribution in [0.25, 0.3) is 0 Å². The minimum absolute atomic E-state index is 0. The Balaban J connectivity index is 0.00000363. The number of guanidine groups is 1. The van der Waals surface area contributed by atoms with Gasteiger partial charge in [0.15, 0.2) is 5.96 Å². The molecule has 2 fully saturated rings. The molecule has 2 saturated heterocycles. The van der Waals surface area contributed by atoms with Gasteiger partial charge in [0.2, 0.25) is 5.91 Å². The number of halogens is 1. The number of nitrogens with one attached hydrogen (secondary N) is 1. The number of nitrogens with zero attached hydrogens (tertiary/aromatic N) is 3. The standard InChI is InChI=1S/C23H36N4O4.HI/c1-3-24-23(25-10-5-15-31-21-7-4-6-20(18-21)29-2)27-11-8-19(9-12-27)22(28)26-13-16-30-17-14-26;/h4,6-7,18-19H,3,5,8-17H2,1-2H3,(H,24,25);1H. The number of carbonyl (C=O) groups excluding carboxylic acids is 1. The zero-order valence-corrected chi connectivity index (χ0v) is 21.6. The minimum Gasteiger partial charge on any atom is -0.497 e. The number of ether oxygens (including phenoxy) is 3. The number of amides is 1. The maximum absolute atomic E-state index is 12.7. The molecule has 1 aromatic rings. The first-order valence-corrected chi connectivity index (χ1v) is 11.4. The summed E-state index contributed by atoms with van der Waals surface area (Å²) in [5.41, 5.74) is 0. The smallest absolute Gasteiger partial charge is 0.225 e. The molecule has 0 radical (unpaired) electrons. The van der Waals surface area contributed by atoms with E-state index in [1.807, 2.05) is 29.2 Å². The summed E-state index contributed by atoms with van der Waals surface area (Å²) >= 11 is 0. The molecule has 8 nitrogen and oxygen atoms in total. The monoisotopic (exact) mass is 560 g/mol. The molecule has 1 amide bonds. The maximum Gasteiger partial charge on any atom is 0.225 e. The van der Waals surface area contributed by atoms with Crippen molar-refractivity contribution in [2.75, 3.05) is 66.2 Å². The first kappa shape index (κ1) is 26.5. The Morgan fingerprint density at radius 3 is 2.56 bits per heavy atom. The summed E-state index contributed by atoms with van der Waals surface area (Å²) in [7, 11) is 1.65. The fraction of sp³-hybridized carbons (Fsp3) is 0.652. The Bertz CT molecular complexity index is 720. The number of hydrogen-bond donors (Lipinski definition) is 1. The van der Waals surface area contributed by atoms with Gasteiger partial charge in [-0.2, -0.15) is 0 Å². The zero-order valence-electron chi connectivity index (χ0n) is 19.3. The van der Waals surface area contributed by atoms with Gasteiger partial charge in [-0.05, 0) is 31.9 Å². The predicted octanol–water partition coefficient (Wildman–Crippen LogP) is 2.62. The molecule has 1 aromatic carbocycles. The van der Waals surface area contributed by atoms with Gasteiger partial charge in [-0.15, -0.1) is 24.0 Å². The number of aliphatic imine (C=N–C) groups is 1. The number of hydrogen-bond acceptors (Lipinski definition) is 5. The van der Waals surface area contributed by atoms with Crippen molar-refractivity contribution in [2.45, 2.75) is 26.2 Å². The van der Waals surface area contributed by atoms with E-state index in [4.69, 9.17) is 19.2 Å². The van der Waals surface area contributed by atoms with Crippen molar-refractivity contribution >= 4 is 35.8 Å². The van der Waals surface area contributed by atoms with Crippen molar-refractivity contribution in [1.82, 2.24) is 15.1 Å². The minimum atomic E-state index is 0. The normalized spacial score (nSPS) is 17.5. The predicted molar refractivity (Wildman–Crippen MR) is 136 cm³/mol. The molecule has 180 valence electrons. The fourth-order valence-corrected chi connectivity index (χ4v) is 3.94. The molecule has 2 aliphatic heterocycles. The van der Waals surface area contributed by atoms with E-state index < -0.39 is 0 Å². The third kappa shape index (κ3) is 7.99. The van der Waals surface area contributed by atoms with Crippen LogP contribution in [0, 0.1) is 5.92 Å². The van der Waals surface area contributed by atoms with Crippen molar-refractivity contribution in [1.29, 1.82) is 0 Å².